The number of carbonyl (C=O) groups is 1. The monoisotopic (exact) mass is 266 g/mol. The van der Waals surface area contributed by atoms with Gasteiger partial charge in [0.25, 0.3) is 0 Å². The first-order valence-electron chi connectivity index (χ1n) is 6.27. The maximum Gasteiger partial charge on any atom is 0.238 e. The molecule has 0 unspecified atom stereocenters. The summed E-state index contributed by atoms with van der Waals surface area (Å²) in [5, 5.41) is 0. The van der Waals surface area contributed by atoms with E-state index in [1.807, 2.05) is 30.0 Å². The summed E-state index contributed by atoms with van der Waals surface area (Å²) in [7, 11) is 0. The van der Waals surface area contributed by atoms with Crippen molar-refractivity contribution < 1.29 is 4.79 Å². The van der Waals surface area contributed by atoms with Crippen LogP contribution >= 0.6 is 11.8 Å². The molecule has 3 nitrogen and oxygen atoms in total. The Kier molecular flexibility index (Phi) is 6.83. The van der Waals surface area contributed by atoms with E-state index < -0.39 is 0 Å². The molecule has 18 heavy (non-hydrogen) atoms. The second-order valence-electron chi connectivity index (χ2n) is 4.75. The lowest BCUT2D eigenvalue weighted by atomic mass is 10.1. The Morgan fingerprint density at radius 3 is 2.61 bits per heavy atom. The van der Waals surface area contributed by atoms with Gasteiger partial charge in [-0.1, -0.05) is 38.1 Å². The molecule has 0 fully saturated rings. The van der Waals surface area contributed by atoms with E-state index >= 15 is 0 Å². The van der Waals surface area contributed by atoms with Crippen LogP contribution < -0.4 is 11.3 Å². The summed E-state index contributed by atoms with van der Waals surface area (Å²) in [5.74, 6) is 7.84. The van der Waals surface area contributed by atoms with Gasteiger partial charge in [-0.3, -0.25) is 10.2 Å². The second-order valence-corrected chi connectivity index (χ2v) is 5.85. The van der Waals surface area contributed by atoms with Crippen molar-refractivity contribution in [3.8, 4) is 0 Å². The van der Waals surface area contributed by atoms with Crippen molar-refractivity contribution in [1.29, 1.82) is 0 Å². The molecule has 1 aromatic rings. The molecule has 0 saturated heterocycles. The Morgan fingerprint density at radius 1 is 1.33 bits per heavy atom. The number of hydrogen-bond donors (Lipinski definition) is 2. The van der Waals surface area contributed by atoms with Crippen LogP contribution in [0.15, 0.2) is 24.3 Å². The van der Waals surface area contributed by atoms with Crippen LogP contribution in [-0.2, 0) is 17.0 Å². The van der Waals surface area contributed by atoms with Gasteiger partial charge >= 0.3 is 0 Å². The van der Waals surface area contributed by atoms with Crippen LogP contribution in [0, 0.1) is 5.92 Å². The summed E-state index contributed by atoms with van der Waals surface area (Å²) in [6.07, 6.45) is 1.59. The van der Waals surface area contributed by atoms with E-state index in [9.17, 15) is 4.79 Å². The number of carbonyl (C=O) groups excluding carboxylic acids is 1. The Balaban J connectivity index is 2.51. The lowest BCUT2D eigenvalue weighted by Gasteiger charge is -2.09. The lowest BCUT2D eigenvalue weighted by molar-refractivity contribution is -0.120. The molecule has 0 aliphatic heterocycles. The molecule has 3 N–H and O–H groups in total. The van der Waals surface area contributed by atoms with E-state index in [1.54, 1.807) is 0 Å². The minimum Gasteiger partial charge on any atom is -0.294 e. The van der Waals surface area contributed by atoms with E-state index in [4.69, 9.17) is 5.84 Å². The Morgan fingerprint density at radius 2 is 2.00 bits per heavy atom. The first kappa shape index (κ1) is 15.1. The molecule has 1 rings (SSSR count). The molecule has 1 amide bonds. The van der Waals surface area contributed by atoms with Crippen molar-refractivity contribution in [2.75, 3.05) is 5.75 Å². The van der Waals surface area contributed by atoms with Gasteiger partial charge in [0.05, 0.1) is 6.42 Å². The summed E-state index contributed by atoms with van der Waals surface area (Å²) in [6, 6.07) is 8.05. The molecule has 4 heteroatoms. The minimum absolute atomic E-state index is 0.144. The fourth-order valence-corrected chi connectivity index (χ4v) is 2.88. The summed E-state index contributed by atoms with van der Waals surface area (Å²) >= 11 is 1.92. The Labute approximate surface area is 113 Å². The average Bonchev–Trinajstić information content (AvgIpc) is 2.36. The van der Waals surface area contributed by atoms with Crippen LogP contribution in [0.1, 0.15) is 31.4 Å². The minimum atomic E-state index is -0.144. The summed E-state index contributed by atoms with van der Waals surface area (Å²) in [5.41, 5.74) is 4.48. The number of benzene rings is 1. The van der Waals surface area contributed by atoms with Crippen LogP contribution in [-0.4, -0.2) is 11.7 Å². The van der Waals surface area contributed by atoms with E-state index in [2.05, 4.69) is 25.3 Å². The molecule has 0 aliphatic carbocycles. The average molecular weight is 266 g/mol. The maximum atomic E-state index is 11.3. The molecule has 0 aliphatic rings. The van der Waals surface area contributed by atoms with Crippen LogP contribution in [0.4, 0.5) is 0 Å². The van der Waals surface area contributed by atoms with Gasteiger partial charge in [-0.15, -0.1) is 0 Å². The first-order chi connectivity index (χ1) is 8.63. The zero-order valence-corrected chi connectivity index (χ0v) is 11.9. The topological polar surface area (TPSA) is 55.1 Å². The summed E-state index contributed by atoms with van der Waals surface area (Å²) in [4.78, 5) is 11.3. The van der Waals surface area contributed by atoms with Crippen LogP contribution in [0.2, 0.25) is 0 Å². The quantitative estimate of drug-likeness (QED) is 0.345. The van der Waals surface area contributed by atoms with E-state index in [0.717, 1.165) is 23.0 Å². The fourth-order valence-electron chi connectivity index (χ4n) is 1.60. The van der Waals surface area contributed by atoms with Crippen molar-refractivity contribution in [2.45, 2.75) is 32.4 Å². The van der Waals surface area contributed by atoms with Gasteiger partial charge in [0.15, 0.2) is 0 Å². The molecule has 0 atom stereocenters. The van der Waals surface area contributed by atoms with E-state index in [0.29, 0.717) is 6.42 Å². The molecular formula is C14H22N2OS. The highest BCUT2D eigenvalue weighted by molar-refractivity contribution is 7.98. The lowest BCUT2D eigenvalue weighted by Crippen LogP contribution is -2.31. The third-order valence-electron chi connectivity index (χ3n) is 2.73. The molecule has 0 heterocycles. The third-order valence-corrected chi connectivity index (χ3v) is 3.77. The highest BCUT2D eigenvalue weighted by atomic mass is 32.2. The number of nitrogens with two attached hydrogens (primary N) is 1. The number of nitrogens with one attached hydrogen (secondary N) is 1. The van der Waals surface area contributed by atoms with Gasteiger partial charge in [-0.25, -0.2) is 5.84 Å². The zero-order valence-electron chi connectivity index (χ0n) is 11.1. The van der Waals surface area contributed by atoms with Gasteiger partial charge < -0.3 is 0 Å². The standard InChI is InChI=1S/C14H22N2OS/c1-11(2)7-8-18-10-13-6-4-3-5-12(13)9-14(17)16-15/h3-6,11H,7-10,15H2,1-2H3,(H,16,17). The number of rotatable bonds is 7. The highest BCUT2D eigenvalue weighted by Crippen LogP contribution is 2.19. The zero-order chi connectivity index (χ0) is 13.4. The van der Waals surface area contributed by atoms with Gasteiger partial charge in [0, 0.05) is 5.75 Å². The van der Waals surface area contributed by atoms with Crippen LogP contribution in [0.3, 0.4) is 0 Å². The van der Waals surface area contributed by atoms with Crippen LogP contribution in [0.5, 0.6) is 0 Å². The fraction of sp³-hybridized carbons (Fsp3) is 0.500. The van der Waals surface area contributed by atoms with Crippen LogP contribution in [0.25, 0.3) is 0 Å². The smallest absolute Gasteiger partial charge is 0.238 e. The number of thioether (sulfide) groups is 1. The predicted octanol–water partition coefficient (Wildman–Crippen LogP) is 2.50. The first-order valence-corrected chi connectivity index (χ1v) is 7.43. The molecule has 0 saturated carbocycles. The highest BCUT2D eigenvalue weighted by Gasteiger charge is 2.06. The Hall–Kier alpha value is -1.00. The predicted molar refractivity (Wildman–Crippen MR) is 78.1 cm³/mol. The van der Waals surface area contributed by atoms with Crippen molar-refractivity contribution in [3.63, 3.8) is 0 Å². The molecule has 1 aromatic carbocycles. The molecule has 0 bridgehead atoms. The van der Waals surface area contributed by atoms with Gasteiger partial charge in [0.2, 0.25) is 5.91 Å². The van der Waals surface area contributed by atoms with Gasteiger partial charge in [-0.2, -0.15) is 11.8 Å². The van der Waals surface area contributed by atoms with Crippen molar-refractivity contribution in [3.05, 3.63) is 35.4 Å². The number of hydrogen-bond acceptors (Lipinski definition) is 3. The number of hydrazine groups is 1. The third kappa shape index (κ3) is 5.56. The summed E-state index contributed by atoms with van der Waals surface area (Å²) < 4.78 is 0. The van der Waals surface area contributed by atoms with E-state index in [1.165, 1.54) is 12.0 Å². The summed E-state index contributed by atoms with van der Waals surface area (Å²) in [6.45, 7) is 4.47. The maximum absolute atomic E-state index is 11.3. The van der Waals surface area contributed by atoms with Gasteiger partial charge in [0.1, 0.15) is 0 Å². The second kappa shape index (κ2) is 8.16. The molecule has 0 aromatic heterocycles. The van der Waals surface area contributed by atoms with Crippen molar-refractivity contribution in [1.82, 2.24) is 5.43 Å². The van der Waals surface area contributed by atoms with Crippen molar-refractivity contribution >= 4 is 17.7 Å². The SMILES string of the molecule is CC(C)CCSCc1ccccc1CC(=O)NN. The molecular weight excluding hydrogens is 244 g/mol. The van der Waals surface area contributed by atoms with E-state index in [-0.39, 0.29) is 5.91 Å². The molecule has 100 valence electrons. The van der Waals surface area contributed by atoms with Gasteiger partial charge in [-0.05, 0) is 29.2 Å². The Bertz CT molecular complexity index is 380. The molecule has 0 spiro atoms. The van der Waals surface area contributed by atoms with Crippen molar-refractivity contribution in [2.24, 2.45) is 11.8 Å². The normalized spacial score (nSPS) is 10.7. The largest absolute Gasteiger partial charge is 0.294 e. The molecule has 0 radical (unpaired) electrons. The number of amides is 1.